The van der Waals surface area contributed by atoms with Gasteiger partial charge in [0.15, 0.2) is 0 Å². The maximum Gasteiger partial charge on any atom is 0.0897 e. The van der Waals surface area contributed by atoms with E-state index in [1.54, 1.807) is 22.7 Å². The van der Waals surface area contributed by atoms with Crippen molar-refractivity contribution >= 4 is 22.7 Å². The minimum Gasteiger partial charge on any atom is -0.311 e. The van der Waals surface area contributed by atoms with Gasteiger partial charge < -0.3 is 5.32 Å². The summed E-state index contributed by atoms with van der Waals surface area (Å²) in [4.78, 5) is 8.78. The Kier molecular flexibility index (Phi) is 3.45. The molecule has 1 atom stereocenters. The summed E-state index contributed by atoms with van der Waals surface area (Å²) in [6, 6.07) is 0.276. The van der Waals surface area contributed by atoms with Crippen molar-refractivity contribution in [2.75, 3.05) is 7.05 Å². The Morgan fingerprint density at radius 3 is 2.87 bits per heavy atom. The highest BCUT2D eigenvalue weighted by molar-refractivity contribution is 7.09. The van der Waals surface area contributed by atoms with E-state index in [9.17, 15) is 0 Å². The summed E-state index contributed by atoms with van der Waals surface area (Å²) in [5.74, 6) is 0. The Morgan fingerprint density at radius 2 is 2.33 bits per heavy atom. The molecule has 2 aromatic heterocycles. The fourth-order valence-corrected chi connectivity index (χ4v) is 2.69. The van der Waals surface area contributed by atoms with E-state index in [-0.39, 0.29) is 6.04 Å². The van der Waals surface area contributed by atoms with Crippen LogP contribution >= 0.6 is 22.7 Å². The first-order valence-electron chi connectivity index (χ1n) is 4.76. The second kappa shape index (κ2) is 4.83. The van der Waals surface area contributed by atoms with Crippen molar-refractivity contribution in [2.24, 2.45) is 0 Å². The maximum atomic E-state index is 4.46. The zero-order chi connectivity index (χ0) is 10.7. The van der Waals surface area contributed by atoms with Crippen LogP contribution in [0.3, 0.4) is 0 Å². The van der Waals surface area contributed by atoms with Gasteiger partial charge in [-0.3, -0.25) is 0 Å². The fraction of sp³-hybridized carbons (Fsp3) is 0.400. The minimum atomic E-state index is 0.276. The molecule has 80 valence electrons. The standard InChI is InChI=1S/C10H13N3S2/c1-7-13-8(4-15-7)3-9(11-2)10-5-14-6-12-10/h4-6,9,11H,3H2,1-2H3. The largest absolute Gasteiger partial charge is 0.311 e. The third-order valence-electron chi connectivity index (χ3n) is 2.24. The van der Waals surface area contributed by atoms with Crippen LogP contribution in [0.4, 0.5) is 0 Å². The monoisotopic (exact) mass is 239 g/mol. The van der Waals surface area contributed by atoms with E-state index >= 15 is 0 Å². The first-order valence-corrected chi connectivity index (χ1v) is 6.58. The lowest BCUT2D eigenvalue weighted by atomic mass is 10.1. The highest BCUT2D eigenvalue weighted by Crippen LogP contribution is 2.19. The lowest BCUT2D eigenvalue weighted by Gasteiger charge is -2.11. The van der Waals surface area contributed by atoms with Crippen LogP contribution in [0, 0.1) is 6.92 Å². The van der Waals surface area contributed by atoms with Crippen LogP contribution in [0.2, 0.25) is 0 Å². The second-order valence-electron chi connectivity index (χ2n) is 3.32. The number of hydrogen-bond donors (Lipinski definition) is 1. The highest BCUT2D eigenvalue weighted by Gasteiger charge is 2.13. The number of aromatic nitrogens is 2. The van der Waals surface area contributed by atoms with Gasteiger partial charge in [-0.1, -0.05) is 0 Å². The number of nitrogens with zero attached hydrogens (tertiary/aromatic N) is 2. The molecule has 2 aromatic rings. The molecule has 0 spiro atoms. The van der Waals surface area contributed by atoms with Crippen molar-refractivity contribution in [1.29, 1.82) is 0 Å². The van der Waals surface area contributed by atoms with E-state index in [0.29, 0.717) is 0 Å². The summed E-state index contributed by atoms with van der Waals surface area (Å²) in [6.45, 7) is 2.03. The zero-order valence-electron chi connectivity index (χ0n) is 8.73. The van der Waals surface area contributed by atoms with Gasteiger partial charge in [-0.25, -0.2) is 9.97 Å². The summed E-state index contributed by atoms with van der Waals surface area (Å²) in [6.07, 6.45) is 0.907. The van der Waals surface area contributed by atoms with Gasteiger partial charge in [-0.05, 0) is 14.0 Å². The molecule has 1 N–H and O–H groups in total. The molecular weight excluding hydrogens is 226 g/mol. The van der Waals surface area contributed by atoms with Gasteiger partial charge in [-0.15, -0.1) is 22.7 Å². The Morgan fingerprint density at radius 1 is 1.47 bits per heavy atom. The van der Waals surface area contributed by atoms with Gasteiger partial charge in [0.05, 0.1) is 27.9 Å². The average Bonchev–Trinajstić information content (AvgIpc) is 2.85. The molecule has 0 bridgehead atoms. The van der Waals surface area contributed by atoms with Crippen molar-refractivity contribution in [3.8, 4) is 0 Å². The summed E-state index contributed by atoms with van der Waals surface area (Å²) < 4.78 is 0. The first kappa shape index (κ1) is 10.7. The van der Waals surface area contributed by atoms with Crippen molar-refractivity contribution in [3.05, 3.63) is 32.7 Å². The normalized spacial score (nSPS) is 12.9. The fourth-order valence-electron chi connectivity index (χ4n) is 1.46. The Labute approximate surface area is 97.2 Å². The Balaban J connectivity index is 2.09. The number of thiazole rings is 2. The quantitative estimate of drug-likeness (QED) is 0.890. The van der Waals surface area contributed by atoms with Crippen LogP contribution in [-0.4, -0.2) is 17.0 Å². The van der Waals surface area contributed by atoms with Gasteiger partial charge in [0.2, 0.25) is 0 Å². The van der Waals surface area contributed by atoms with Gasteiger partial charge in [0, 0.05) is 17.2 Å². The smallest absolute Gasteiger partial charge is 0.0897 e. The van der Waals surface area contributed by atoms with Crippen LogP contribution < -0.4 is 5.32 Å². The molecule has 0 aliphatic carbocycles. The summed E-state index contributed by atoms with van der Waals surface area (Å²) in [5.41, 5.74) is 4.12. The van der Waals surface area contributed by atoms with Crippen LogP contribution in [0.25, 0.3) is 0 Å². The highest BCUT2D eigenvalue weighted by atomic mass is 32.1. The molecule has 1 unspecified atom stereocenters. The van der Waals surface area contributed by atoms with Crippen LogP contribution in [0.1, 0.15) is 22.4 Å². The SMILES string of the molecule is CNC(Cc1csc(C)n1)c1cscn1. The van der Waals surface area contributed by atoms with E-state index in [1.165, 1.54) is 0 Å². The van der Waals surface area contributed by atoms with Gasteiger partial charge in [-0.2, -0.15) is 0 Å². The summed E-state index contributed by atoms with van der Waals surface area (Å²) in [5, 5.41) is 8.60. The first-order chi connectivity index (χ1) is 7.29. The van der Waals surface area contributed by atoms with Crippen LogP contribution in [0.5, 0.6) is 0 Å². The van der Waals surface area contributed by atoms with E-state index in [4.69, 9.17) is 0 Å². The molecule has 5 heteroatoms. The number of rotatable bonds is 4. The topological polar surface area (TPSA) is 37.8 Å². The molecule has 0 saturated carbocycles. The van der Waals surface area contributed by atoms with Gasteiger partial charge in [0.25, 0.3) is 0 Å². The average molecular weight is 239 g/mol. The van der Waals surface area contributed by atoms with Gasteiger partial charge in [0.1, 0.15) is 0 Å². The van der Waals surface area contributed by atoms with E-state index in [1.807, 2.05) is 19.5 Å². The molecule has 0 aliphatic rings. The lowest BCUT2D eigenvalue weighted by molar-refractivity contribution is 0.573. The Bertz CT molecular complexity index is 408. The third-order valence-corrected chi connectivity index (χ3v) is 3.66. The van der Waals surface area contributed by atoms with E-state index < -0.39 is 0 Å². The molecule has 15 heavy (non-hydrogen) atoms. The van der Waals surface area contributed by atoms with Gasteiger partial charge >= 0.3 is 0 Å². The minimum absolute atomic E-state index is 0.276. The van der Waals surface area contributed by atoms with Crippen LogP contribution in [-0.2, 0) is 6.42 Å². The lowest BCUT2D eigenvalue weighted by Crippen LogP contribution is -2.19. The molecule has 0 fully saturated rings. The molecule has 0 amide bonds. The molecule has 0 aromatic carbocycles. The molecule has 0 saturated heterocycles. The molecule has 0 radical (unpaired) electrons. The number of nitrogens with one attached hydrogen (secondary N) is 1. The molecule has 2 heterocycles. The molecule has 3 nitrogen and oxygen atoms in total. The number of aryl methyl sites for hydroxylation is 1. The number of hydrogen-bond acceptors (Lipinski definition) is 5. The molecule has 2 rings (SSSR count). The number of likely N-dealkylation sites (N-methyl/N-ethyl adjacent to an activating group) is 1. The molecular formula is C10H13N3S2. The van der Waals surface area contributed by atoms with Crippen molar-refractivity contribution < 1.29 is 0 Å². The summed E-state index contributed by atoms with van der Waals surface area (Å²) in [7, 11) is 1.96. The predicted octanol–water partition coefficient (Wildman–Crippen LogP) is 2.41. The third kappa shape index (κ3) is 2.62. The zero-order valence-corrected chi connectivity index (χ0v) is 10.4. The van der Waals surface area contributed by atoms with E-state index in [2.05, 4.69) is 26.0 Å². The Hall–Kier alpha value is -0.780. The van der Waals surface area contributed by atoms with Crippen LogP contribution in [0.15, 0.2) is 16.3 Å². The van der Waals surface area contributed by atoms with Crippen molar-refractivity contribution in [1.82, 2.24) is 15.3 Å². The molecule has 0 aliphatic heterocycles. The second-order valence-corrected chi connectivity index (χ2v) is 5.10. The summed E-state index contributed by atoms with van der Waals surface area (Å²) >= 11 is 3.33. The van der Waals surface area contributed by atoms with Crippen molar-refractivity contribution in [3.63, 3.8) is 0 Å². The predicted molar refractivity (Wildman–Crippen MR) is 64.5 cm³/mol. The van der Waals surface area contributed by atoms with Crippen molar-refractivity contribution in [2.45, 2.75) is 19.4 Å². The maximum absolute atomic E-state index is 4.46. The van der Waals surface area contributed by atoms with E-state index in [0.717, 1.165) is 22.8 Å².